The van der Waals surface area contributed by atoms with Crippen LogP contribution in [0.1, 0.15) is 37.7 Å². The van der Waals surface area contributed by atoms with Gasteiger partial charge in [-0.1, -0.05) is 6.92 Å². The van der Waals surface area contributed by atoms with E-state index >= 15 is 0 Å². The molecule has 1 aromatic heterocycles. The molecule has 1 heterocycles. The van der Waals surface area contributed by atoms with Gasteiger partial charge < -0.3 is 0 Å². The van der Waals surface area contributed by atoms with E-state index in [0.29, 0.717) is 0 Å². The minimum Gasteiger partial charge on any atom is -0.299 e. The molecule has 0 aliphatic heterocycles. The molecule has 16 heavy (non-hydrogen) atoms. The van der Waals surface area contributed by atoms with Gasteiger partial charge in [0.15, 0.2) is 0 Å². The Kier molecular flexibility index (Phi) is 3.62. The Morgan fingerprint density at radius 1 is 1.50 bits per heavy atom. The van der Waals surface area contributed by atoms with Crippen LogP contribution < -0.4 is 0 Å². The summed E-state index contributed by atoms with van der Waals surface area (Å²) in [5.74, 6) is -0.965. The van der Waals surface area contributed by atoms with Crippen LogP contribution in [-0.4, -0.2) is 15.8 Å². The van der Waals surface area contributed by atoms with Crippen molar-refractivity contribution in [2.75, 3.05) is 0 Å². The number of hydrogen-bond donors (Lipinski definition) is 0. The van der Waals surface area contributed by atoms with Crippen molar-refractivity contribution in [3.05, 3.63) is 23.8 Å². The van der Waals surface area contributed by atoms with Gasteiger partial charge in [0.1, 0.15) is 17.3 Å². The number of Topliss-reactive ketones (excluding diaryl/α,β-unsaturated/α-hetero) is 1. The highest BCUT2D eigenvalue weighted by Gasteiger charge is 2.33. The maximum Gasteiger partial charge on any atom is 0.433 e. The molecule has 0 N–H and O–H groups in total. The molecule has 1 rings (SSSR count). The molecule has 88 valence electrons. The minimum atomic E-state index is -4.51. The van der Waals surface area contributed by atoms with Crippen LogP contribution in [0.3, 0.4) is 0 Å². The summed E-state index contributed by atoms with van der Waals surface area (Å²) in [6.45, 7) is 3.15. The third-order valence-electron chi connectivity index (χ3n) is 2.18. The Morgan fingerprint density at radius 2 is 2.12 bits per heavy atom. The molecule has 0 fully saturated rings. The maximum atomic E-state index is 12.3. The van der Waals surface area contributed by atoms with Crippen LogP contribution in [0.4, 0.5) is 13.2 Å². The van der Waals surface area contributed by atoms with Crippen LogP contribution in [0.25, 0.3) is 0 Å². The number of rotatable bonds is 3. The van der Waals surface area contributed by atoms with Crippen molar-refractivity contribution in [3.63, 3.8) is 0 Å². The molecule has 1 unspecified atom stereocenters. The summed E-state index contributed by atoms with van der Waals surface area (Å²) in [7, 11) is 0. The summed E-state index contributed by atoms with van der Waals surface area (Å²) in [5.41, 5.74) is -1.02. The van der Waals surface area contributed by atoms with Gasteiger partial charge in [-0.2, -0.15) is 13.2 Å². The van der Waals surface area contributed by atoms with Crippen molar-refractivity contribution in [3.8, 4) is 0 Å². The zero-order chi connectivity index (χ0) is 12.3. The molecular formula is C10H11F3N2O. The third kappa shape index (κ3) is 2.77. The lowest BCUT2D eigenvalue weighted by atomic mass is 10.0. The predicted molar refractivity (Wildman–Crippen MR) is 50.7 cm³/mol. The van der Waals surface area contributed by atoms with Gasteiger partial charge in [-0.25, -0.2) is 9.97 Å². The van der Waals surface area contributed by atoms with Crippen molar-refractivity contribution in [2.45, 2.75) is 32.4 Å². The van der Waals surface area contributed by atoms with Crippen LogP contribution in [0, 0.1) is 0 Å². The molecule has 0 aliphatic rings. The van der Waals surface area contributed by atoms with Gasteiger partial charge in [-0.3, -0.25) is 4.79 Å². The van der Waals surface area contributed by atoms with Gasteiger partial charge >= 0.3 is 6.18 Å². The highest BCUT2D eigenvalue weighted by Crippen LogP contribution is 2.28. The first-order valence-electron chi connectivity index (χ1n) is 4.79. The number of halogens is 3. The van der Waals surface area contributed by atoms with E-state index in [-0.39, 0.29) is 18.0 Å². The van der Waals surface area contributed by atoms with Crippen molar-refractivity contribution < 1.29 is 18.0 Å². The van der Waals surface area contributed by atoms with Crippen LogP contribution in [0.15, 0.2) is 12.3 Å². The standard InChI is InChI=1S/C10H11F3N2O/c1-3-7(16)6(2)9-14-5-4-8(15-9)10(11,12)13/h4-6H,3H2,1-2H3. The summed E-state index contributed by atoms with van der Waals surface area (Å²) in [6, 6.07) is 0.784. The second kappa shape index (κ2) is 4.59. The number of aromatic nitrogens is 2. The number of ketones is 1. The van der Waals surface area contributed by atoms with Crippen LogP contribution in [-0.2, 0) is 11.0 Å². The molecule has 1 aromatic rings. The zero-order valence-electron chi connectivity index (χ0n) is 8.88. The first kappa shape index (κ1) is 12.6. The minimum absolute atomic E-state index is 0.0818. The largest absolute Gasteiger partial charge is 0.433 e. The van der Waals surface area contributed by atoms with E-state index in [0.717, 1.165) is 12.3 Å². The van der Waals surface area contributed by atoms with Gasteiger partial charge in [-0.15, -0.1) is 0 Å². The van der Waals surface area contributed by atoms with Gasteiger partial charge in [0, 0.05) is 12.6 Å². The maximum absolute atomic E-state index is 12.3. The Hall–Kier alpha value is -1.46. The normalized spacial score (nSPS) is 13.6. The first-order valence-corrected chi connectivity index (χ1v) is 4.79. The molecule has 0 radical (unpaired) electrons. The average molecular weight is 232 g/mol. The molecule has 1 atom stereocenters. The van der Waals surface area contributed by atoms with Gasteiger partial charge in [0.2, 0.25) is 0 Å². The molecule has 0 bridgehead atoms. The smallest absolute Gasteiger partial charge is 0.299 e. The Labute approximate surface area is 90.7 Å². The van der Waals surface area contributed by atoms with Crippen molar-refractivity contribution in [1.29, 1.82) is 0 Å². The quantitative estimate of drug-likeness (QED) is 0.804. The lowest BCUT2D eigenvalue weighted by Crippen LogP contribution is -2.15. The van der Waals surface area contributed by atoms with E-state index in [9.17, 15) is 18.0 Å². The molecule has 0 spiro atoms. The molecular weight excluding hydrogens is 221 g/mol. The van der Waals surface area contributed by atoms with Crippen LogP contribution >= 0.6 is 0 Å². The predicted octanol–water partition coefficient (Wildman–Crippen LogP) is 2.58. The lowest BCUT2D eigenvalue weighted by molar-refractivity contribution is -0.141. The molecule has 0 saturated heterocycles. The van der Waals surface area contributed by atoms with Gasteiger partial charge in [0.05, 0.1) is 5.92 Å². The Morgan fingerprint density at radius 3 is 2.62 bits per heavy atom. The van der Waals surface area contributed by atoms with E-state index < -0.39 is 17.8 Å². The fourth-order valence-corrected chi connectivity index (χ4v) is 1.19. The molecule has 0 aromatic carbocycles. The van der Waals surface area contributed by atoms with Crippen molar-refractivity contribution >= 4 is 5.78 Å². The fourth-order valence-electron chi connectivity index (χ4n) is 1.19. The summed E-state index contributed by atoms with van der Waals surface area (Å²) in [4.78, 5) is 18.4. The van der Waals surface area contributed by atoms with Crippen molar-refractivity contribution in [1.82, 2.24) is 9.97 Å². The topological polar surface area (TPSA) is 42.9 Å². The van der Waals surface area contributed by atoms with E-state index in [4.69, 9.17) is 0 Å². The first-order chi connectivity index (χ1) is 7.36. The monoisotopic (exact) mass is 232 g/mol. The second-order valence-corrected chi connectivity index (χ2v) is 3.34. The average Bonchev–Trinajstić information content (AvgIpc) is 2.26. The molecule has 6 heteroatoms. The highest BCUT2D eigenvalue weighted by atomic mass is 19.4. The third-order valence-corrected chi connectivity index (χ3v) is 2.18. The van der Waals surface area contributed by atoms with Crippen LogP contribution in [0.5, 0.6) is 0 Å². The second-order valence-electron chi connectivity index (χ2n) is 3.34. The summed E-state index contributed by atoms with van der Waals surface area (Å²) < 4.78 is 37.0. The highest BCUT2D eigenvalue weighted by molar-refractivity contribution is 5.84. The van der Waals surface area contributed by atoms with E-state index in [1.54, 1.807) is 6.92 Å². The van der Waals surface area contributed by atoms with Crippen LogP contribution in [0.2, 0.25) is 0 Å². The lowest BCUT2D eigenvalue weighted by Gasteiger charge is -2.10. The van der Waals surface area contributed by atoms with Crippen molar-refractivity contribution in [2.24, 2.45) is 0 Å². The molecule has 3 nitrogen and oxygen atoms in total. The number of nitrogens with zero attached hydrogens (tertiary/aromatic N) is 2. The van der Waals surface area contributed by atoms with Gasteiger partial charge in [-0.05, 0) is 13.0 Å². The summed E-state index contributed by atoms with van der Waals surface area (Å²) in [5, 5.41) is 0. The summed E-state index contributed by atoms with van der Waals surface area (Å²) >= 11 is 0. The Bertz CT molecular complexity index is 390. The fraction of sp³-hybridized carbons (Fsp3) is 0.500. The molecule has 0 amide bonds. The number of alkyl halides is 3. The molecule has 0 aliphatic carbocycles. The van der Waals surface area contributed by atoms with E-state index in [1.165, 1.54) is 6.92 Å². The van der Waals surface area contributed by atoms with E-state index in [1.807, 2.05) is 0 Å². The summed E-state index contributed by atoms with van der Waals surface area (Å²) in [6.07, 6.45) is -3.24. The molecule has 0 saturated carbocycles. The number of hydrogen-bond acceptors (Lipinski definition) is 3. The Balaban J connectivity index is 3.04. The van der Waals surface area contributed by atoms with E-state index in [2.05, 4.69) is 9.97 Å². The zero-order valence-corrected chi connectivity index (χ0v) is 8.88. The van der Waals surface area contributed by atoms with Gasteiger partial charge in [0.25, 0.3) is 0 Å². The SMILES string of the molecule is CCC(=O)C(C)c1nccc(C(F)(F)F)n1. The number of carbonyl (C=O) groups is 1. The number of carbonyl (C=O) groups excluding carboxylic acids is 1.